The zero-order valence-corrected chi connectivity index (χ0v) is 18.6. The molecule has 2 heterocycles. The van der Waals surface area contributed by atoms with Gasteiger partial charge in [-0.2, -0.15) is 5.10 Å². The van der Waals surface area contributed by atoms with Gasteiger partial charge in [0.25, 0.3) is 5.56 Å². The lowest BCUT2D eigenvalue weighted by Crippen LogP contribution is -2.44. The van der Waals surface area contributed by atoms with Gasteiger partial charge in [0.05, 0.1) is 28.7 Å². The van der Waals surface area contributed by atoms with E-state index in [0.29, 0.717) is 23.0 Å². The van der Waals surface area contributed by atoms with Gasteiger partial charge in [0.15, 0.2) is 0 Å². The first-order valence-electron chi connectivity index (χ1n) is 10.6. The van der Waals surface area contributed by atoms with Crippen molar-refractivity contribution in [2.24, 2.45) is 7.05 Å². The zero-order valence-electron chi connectivity index (χ0n) is 18.6. The van der Waals surface area contributed by atoms with Crippen LogP contribution in [0.25, 0.3) is 21.8 Å². The molecule has 0 saturated heterocycles. The molecule has 0 radical (unpaired) electrons. The van der Waals surface area contributed by atoms with Crippen molar-refractivity contribution in [1.82, 2.24) is 18.9 Å². The maximum absolute atomic E-state index is 13.5. The van der Waals surface area contributed by atoms with E-state index < -0.39 is 23.3 Å². The topological polar surface area (TPSA) is 99.1 Å². The molecule has 0 bridgehead atoms. The molecular formula is C24H26N4O4. The normalized spacial score (nSPS) is 12.5. The van der Waals surface area contributed by atoms with Crippen LogP contribution in [0, 0.1) is 13.8 Å². The minimum atomic E-state index is -1.22. The van der Waals surface area contributed by atoms with Crippen LogP contribution in [0.15, 0.2) is 46.0 Å². The third-order valence-electron chi connectivity index (χ3n) is 5.91. The second-order valence-corrected chi connectivity index (χ2v) is 8.25. The Hall–Kier alpha value is -3.68. The van der Waals surface area contributed by atoms with Crippen LogP contribution in [-0.4, -0.2) is 30.0 Å². The minimum Gasteiger partial charge on any atom is -0.480 e. The molecule has 0 spiro atoms. The predicted molar refractivity (Wildman–Crippen MR) is 123 cm³/mol. The van der Waals surface area contributed by atoms with Crippen LogP contribution in [0.3, 0.4) is 0 Å². The van der Waals surface area contributed by atoms with E-state index in [1.807, 2.05) is 33.9 Å². The van der Waals surface area contributed by atoms with Crippen molar-refractivity contribution in [1.29, 1.82) is 0 Å². The summed E-state index contributed by atoms with van der Waals surface area (Å²) < 4.78 is 4.13. The van der Waals surface area contributed by atoms with E-state index in [9.17, 15) is 19.5 Å². The highest BCUT2D eigenvalue weighted by Crippen LogP contribution is 2.25. The number of hydrogen-bond donors (Lipinski definition) is 1. The highest BCUT2D eigenvalue weighted by atomic mass is 16.4. The van der Waals surface area contributed by atoms with Crippen molar-refractivity contribution in [2.45, 2.75) is 46.2 Å². The highest BCUT2D eigenvalue weighted by molar-refractivity contribution is 5.86. The van der Waals surface area contributed by atoms with Crippen LogP contribution in [0.1, 0.15) is 42.6 Å². The number of aliphatic carboxylic acids is 1. The van der Waals surface area contributed by atoms with E-state index in [4.69, 9.17) is 0 Å². The van der Waals surface area contributed by atoms with Crippen molar-refractivity contribution in [3.05, 3.63) is 74.1 Å². The lowest BCUT2D eigenvalue weighted by molar-refractivity contribution is -0.141. The Morgan fingerprint density at radius 3 is 2.53 bits per heavy atom. The molecule has 1 N–H and O–H groups in total. The monoisotopic (exact) mass is 434 g/mol. The van der Waals surface area contributed by atoms with Crippen LogP contribution in [0.5, 0.6) is 0 Å². The first kappa shape index (κ1) is 21.5. The molecule has 8 nitrogen and oxygen atoms in total. The fourth-order valence-corrected chi connectivity index (χ4v) is 4.52. The lowest BCUT2D eigenvalue weighted by Gasteiger charge is -2.18. The van der Waals surface area contributed by atoms with Gasteiger partial charge in [0.2, 0.25) is 0 Å². The quantitative estimate of drug-likeness (QED) is 0.503. The average molecular weight is 434 g/mol. The molecule has 0 aliphatic rings. The van der Waals surface area contributed by atoms with Crippen LogP contribution in [-0.2, 0) is 18.4 Å². The summed E-state index contributed by atoms with van der Waals surface area (Å²) in [5, 5.41) is 15.7. The van der Waals surface area contributed by atoms with Gasteiger partial charge >= 0.3 is 11.7 Å². The van der Waals surface area contributed by atoms with E-state index >= 15 is 0 Å². The second kappa shape index (κ2) is 8.11. The molecular weight excluding hydrogens is 408 g/mol. The lowest BCUT2D eigenvalue weighted by atomic mass is 10.1. The molecule has 0 aliphatic carbocycles. The molecule has 32 heavy (non-hydrogen) atoms. The van der Waals surface area contributed by atoms with Gasteiger partial charge in [-0.05, 0) is 49.6 Å². The zero-order chi connectivity index (χ0) is 23.2. The van der Waals surface area contributed by atoms with Crippen molar-refractivity contribution in [2.75, 3.05) is 0 Å². The smallest absolute Gasteiger partial charge is 0.332 e. The maximum Gasteiger partial charge on any atom is 0.332 e. The minimum absolute atomic E-state index is 0.124. The van der Waals surface area contributed by atoms with Crippen LogP contribution < -0.4 is 11.2 Å². The Balaban J connectivity index is 2.02. The summed E-state index contributed by atoms with van der Waals surface area (Å²) in [6, 6.07) is 9.69. The Morgan fingerprint density at radius 2 is 1.84 bits per heavy atom. The number of para-hydroxylation sites is 1. The maximum atomic E-state index is 13.5. The van der Waals surface area contributed by atoms with Crippen molar-refractivity contribution in [3.63, 3.8) is 0 Å². The number of carboxylic acid groups (broad SMARTS) is 1. The number of rotatable bonds is 6. The number of aromatic nitrogens is 4. The van der Waals surface area contributed by atoms with E-state index in [-0.39, 0.29) is 13.0 Å². The van der Waals surface area contributed by atoms with Gasteiger partial charge in [-0.25, -0.2) is 14.2 Å². The largest absolute Gasteiger partial charge is 0.480 e. The van der Waals surface area contributed by atoms with E-state index in [1.54, 1.807) is 28.9 Å². The fraction of sp³-hybridized carbons (Fsp3) is 0.333. The molecule has 8 heteroatoms. The van der Waals surface area contributed by atoms with Gasteiger partial charge in [0, 0.05) is 12.4 Å². The Morgan fingerprint density at radius 1 is 1.12 bits per heavy atom. The van der Waals surface area contributed by atoms with Gasteiger partial charge in [-0.15, -0.1) is 0 Å². The SMILES string of the molecule is CCC[C@H](C(=O)O)n1c(=O)c2ccccc2n(Cc2nn(C)c3cc(C)cc(C)c23)c1=O. The predicted octanol–water partition coefficient (Wildman–Crippen LogP) is 3.14. The fourth-order valence-electron chi connectivity index (χ4n) is 4.52. The first-order chi connectivity index (χ1) is 15.2. The first-order valence-corrected chi connectivity index (χ1v) is 10.6. The Bertz CT molecular complexity index is 1480. The standard InChI is InChI=1S/C24H26N4O4/c1-5-8-19(23(30)31)28-22(29)16-9-6-7-10-18(16)27(24(28)32)13-17-21-15(3)11-14(2)12-20(21)26(4)25-17/h6-7,9-12,19H,5,8,13H2,1-4H3,(H,30,31)/t19-/m1/s1. The summed E-state index contributed by atoms with van der Waals surface area (Å²) in [6.45, 7) is 5.97. The molecule has 0 saturated carbocycles. The third-order valence-corrected chi connectivity index (χ3v) is 5.91. The summed E-state index contributed by atoms with van der Waals surface area (Å²) >= 11 is 0. The molecule has 0 amide bonds. The summed E-state index contributed by atoms with van der Waals surface area (Å²) in [7, 11) is 1.86. The summed E-state index contributed by atoms with van der Waals surface area (Å²) in [6.07, 6.45) is 0.715. The van der Waals surface area contributed by atoms with Crippen molar-refractivity contribution < 1.29 is 9.90 Å². The number of fused-ring (bicyclic) bond motifs is 2. The average Bonchev–Trinajstić information content (AvgIpc) is 3.05. The molecule has 0 aliphatic heterocycles. The van der Waals surface area contributed by atoms with Gasteiger partial charge in [-0.1, -0.05) is 31.5 Å². The third kappa shape index (κ3) is 3.41. The Kier molecular flexibility index (Phi) is 5.46. The summed E-state index contributed by atoms with van der Waals surface area (Å²) in [4.78, 5) is 38.6. The number of benzene rings is 2. The Labute approximate surface area is 184 Å². The molecule has 4 aromatic rings. The number of carboxylic acids is 1. The highest BCUT2D eigenvalue weighted by Gasteiger charge is 2.26. The van der Waals surface area contributed by atoms with E-state index in [2.05, 4.69) is 11.2 Å². The molecule has 2 aromatic heterocycles. The van der Waals surface area contributed by atoms with E-state index in [1.165, 1.54) is 4.57 Å². The van der Waals surface area contributed by atoms with E-state index in [0.717, 1.165) is 26.6 Å². The summed E-state index contributed by atoms with van der Waals surface area (Å²) in [5.74, 6) is -1.19. The van der Waals surface area contributed by atoms with Crippen LogP contribution in [0.2, 0.25) is 0 Å². The second-order valence-electron chi connectivity index (χ2n) is 8.25. The number of nitrogens with zero attached hydrogens (tertiary/aromatic N) is 4. The number of carbonyl (C=O) groups is 1. The van der Waals surface area contributed by atoms with Crippen molar-refractivity contribution in [3.8, 4) is 0 Å². The van der Waals surface area contributed by atoms with Crippen molar-refractivity contribution >= 4 is 27.8 Å². The molecule has 2 aromatic carbocycles. The molecule has 0 unspecified atom stereocenters. The van der Waals surface area contributed by atoms with Crippen LogP contribution in [0.4, 0.5) is 0 Å². The van der Waals surface area contributed by atoms with Gasteiger partial charge in [-0.3, -0.25) is 14.0 Å². The molecule has 0 fully saturated rings. The summed E-state index contributed by atoms with van der Waals surface area (Å²) in [5.41, 5.74) is 3.05. The van der Waals surface area contributed by atoms with Gasteiger partial charge < -0.3 is 5.11 Å². The number of hydrogen-bond acceptors (Lipinski definition) is 4. The van der Waals surface area contributed by atoms with Gasteiger partial charge in [0.1, 0.15) is 6.04 Å². The molecule has 1 atom stereocenters. The number of aryl methyl sites for hydroxylation is 3. The molecule has 4 rings (SSSR count). The molecule has 166 valence electrons. The van der Waals surface area contributed by atoms with Crippen LogP contribution >= 0.6 is 0 Å².